The lowest BCUT2D eigenvalue weighted by atomic mass is 10.2. The summed E-state index contributed by atoms with van der Waals surface area (Å²) in [6.45, 7) is 3.35. The molecule has 0 unspecified atom stereocenters. The first-order chi connectivity index (χ1) is 14.5. The third-order valence-corrected chi connectivity index (χ3v) is 7.55. The van der Waals surface area contributed by atoms with Gasteiger partial charge in [0.1, 0.15) is 0 Å². The summed E-state index contributed by atoms with van der Waals surface area (Å²) in [5.41, 5.74) is 1.32. The van der Waals surface area contributed by atoms with Gasteiger partial charge in [0.15, 0.2) is 5.82 Å². The van der Waals surface area contributed by atoms with Gasteiger partial charge in [0.25, 0.3) is 20.0 Å². The van der Waals surface area contributed by atoms with Gasteiger partial charge < -0.3 is 4.74 Å². The normalized spacial score (nSPS) is 11.7. The maximum absolute atomic E-state index is 12.8. The summed E-state index contributed by atoms with van der Waals surface area (Å²) in [4.78, 5) is 0.0115. The quantitative estimate of drug-likeness (QED) is 0.528. The van der Waals surface area contributed by atoms with Crippen LogP contribution in [0.3, 0.4) is 0 Å². The summed E-state index contributed by atoms with van der Waals surface area (Å²) >= 11 is 6.04. The summed E-state index contributed by atoms with van der Waals surface area (Å²) in [6, 6.07) is 11.2. The molecule has 1 aromatic heterocycles. The lowest BCUT2D eigenvalue weighted by molar-refractivity contribution is 0.392. The van der Waals surface area contributed by atoms with Crippen molar-refractivity contribution in [2.45, 2.75) is 23.6 Å². The Bertz CT molecular complexity index is 1310. The van der Waals surface area contributed by atoms with Gasteiger partial charge in [-0.25, -0.2) is 16.8 Å². The van der Waals surface area contributed by atoms with Gasteiger partial charge in [-0.3, -0.25) is 9.44 Å². The third-order valence-electron chi connectivity index (χ3n) is 4.25. The number of benzene rings is 2. The summed E-state index contributed by atoms with van der Waals surface area (Å²) in [5.74, 6) is 0.255. The predicted molar refractivity (Wildman–Crippen MR) is 118 cm³/mol. The Morgan fingerprint density at radius 3 is 2.10 bits per heavy atom. The molecule has 0 saturated heterocycles. The average Bonchev–Trinajstić information content (AvgIpc) is 2.71. The molecule has 0 fully saturated rings. The lowest BCUT2D eigenvalue weighted by Crippen LogP contribution is -2.16. The molecule has 9 nitrogen and oxygen atoms in total. The van der Waals surface area contributed by atoms with Crippen LogP contribution in [0.15, 0.2) is 58.3 Å². The number of ether oxygens (including phenoxy) is 1. The predicted octanol–water partition coefficient (Wildman–Crippen LogP) is 3.36. The Morgan fingerprint density at radius 1 is 0.839 bits per heavy atom. The SMILES string of the molecule is COc1ccc(NS(=O)(=O)c2ccc(NS(=O)(=O)c3cc(C)c(Cl)cc3C)cc2)nn1. The maximum atomic E-state index is 12.8. The highest BCUT2D eigenvalue weighted by molar-refractivity contribution is 7.93. The molecule has 2 aromatic carbocycles. The standard InChI is InChI=1S/C19H19ClN4O5S2/c1-12-11-17(13(2)10-16(12)20)31(27,28)23-14-4-6-15(7-5-14)30(25,26)24-18-8-9-19(29-3)22-21-18/h4-11,23H,1-3H3,(H,21,24). The molecule has 0 radical (unpaired) electrons. The molecule has 164 valence electrons. The number of hydrogen-bond acceptors (Lipinski definition) is 7. The minimum atomic E-state index is -3.95. The van der Waals surface area contributed by atoms with E-state index in [0.717, 1.165) is 0 Å². The highest BCUT2D eigenvalue weighted by Crippen LogP contribution is 2.26. The first-order valence-electron chi connectivity index (χ1n) is 8.82. The minimum absolute atomic E-state index is 0.0131. The summed E-state index contributed by atoms with van der Waals surface area (Å²) < 4.78 is 60.2. The molecule has 0 amide bonds. The van der Waals surface area contributed by atoms with Crippen LogP contribution >= 0.6 is 11.6 Å². The van der Waals surface area contributed by atoms with Crippen molar-refractivity contribution in [2.75, 3.05) is 16.6 Å². The van der Waals surface area contributed by atoms with E-state index in [1.807, 2.05) is 0 Å². The second-order valence-corrected chi connectivity index (χ2v) is 10.3. The molecular weight excluding hydrogens is 464 g/mol. The molecule has 0 aliphatic heterocycles. The monoisotopic (exact) mass is 482 g/mol. The maximum Gasteiger partial charge on any atom is 0.263 e. The van der Waals surface area contributed by atoms with Gasteiger partial charge >= 0.3 is 0 Å². The number of rotatable bonds is 7. The molecule has 0 bridgehead atoms. The first-order valence-corrected chi connectivity index (χ1v) is 12.2. The fourth-order valence-corrected chi connectivity index (χ4v) is 5.22. The Labute approximate surface area is 185 Å². The molecule has 31 heavy (non-hydrogen) atoms. The van der Waals surface area contributed by atoms with Gasteiger partial charge in [0.05, 0.1) is 16.9 Å². The van der Waals surface area contributed by atoms with Gasteiger partial charge in [-0.05, 0) is 67.4 Å². The molecule has 0 aliphatic rings. The third kappa shape index (κ3) is 5.24. The van der Waals surface area contributed by atoms with Crippen molar-refractivity contribution in [3.63, 3.8) is 0 Å². The van der Waals surface area contributed by atoms with E-state index in [-0.39, 0.29) is 27.2 Å². The van der Waals surface area contributed by atoms with E-state index in [1.54, 1.807) is 19.9 Å². The summed E-state index contributed by atoms with van der Waals surface area (Å²) in [7, 11) is -6.42. The largest absolute Gasteiger partial charge is 0.480 e. The topological polar surface area (TPSA) is 127 Å². The number of methoxy groups -OCH3 is 1. The second kappa shape index (κ2) is 8.69. The van der Waals surface area contributed by atoms with E-state index in [4.69, 9.17) is 16.3 Å². The van der Waals surface area contributed by atoms with Gasteiger partial charge in [-0.2, -0.15) is 0 Å². The highest BCUT2D eigenvalue weighted by Gasteiger charge is 2.20. The van der Waals surface area contributed by atoms with Crippen LogP contribution in [0.5, 0.6) is 5.88 Å². The van der Waals surface area contributed by atoms with Crippen LogP contribution in [0.2, 0.25) is 5.02 Å². The second-order valence-electron chi connectivity index (χ2n) is 6.56. The van der Waals surface area contributed by atoms with Gasteiger partial charge in [-0.1, -0.05) is 11.6 Å². The molecule has 0 spiro atoms. The summed E-state index contributed by atoms with van der Waals surface area (Å²) in [5, 5.41) is 7.88. The molecule has 0 aliphatic carbocycles. The number of aryl methyl sites for hydroxylation is 2. The number of halogens is 1. The number of aromatic nitrogens is 2. The fourth-order valence-electron chi connectivity index (χ4n) is 2.64. The average molecular weight is 483 g/mol. The van der Waals surface area contributed by atoms with Crippen molar-refractivity contribution in [1.29, 1.82) is 0 Å². The van der Waals surface area contributed by atoms with Crippen LogP contribution in [-0.2, 0) is 20.0 Å². The molecule has 3 aromatic rings. The van der Waals surface area contributed by atoms with Crippen LogP contribution in [0.1, 0.15) is 11.1 Å². The van der Waals surface area contributed by atoms with Crippen LogP contribution in [0.4, 0.5) is 11.5 Å². The van der Waals surface area contributed by atoms with Crippen molar-refractivity contribution in [1.82, 2.24) is 10.2 Å². The zero-order valence-corrected chi connectivity index (χ0v) is 19.1. The van der Waals surface area contributed by atoms with Crippen LogP contribution < -0.4 is 14.2 Å². The Balaban J connectivity index is 1.80. The van der Waals surface area contributed by atoms with E-state index < -0.39 is 20.0 Å². The Morgan fingerprint density at radius 2 is 1.52 bits per heavy atom. The number of sulfonamides is 2. The summed E-state index contributed by atoms with van der Waals surface area (Å²) in [6.07, 6.45) is 0. The number of anilines is 2. The zero-order chi connectivity index (χ0) is 22.8. The lowest BCUT2D eigenvalue weighted by Gasteiger charge is -2.13. The Kier molecular flexibility index (Phi) is 6.39. The van der Waals surface area contributed by atoms with Gasteiger partial charge in [0, 0.05) is 16.8 Å². The Hall–Kier alpha value is -2.89. The van der Waals surface area contributed by atoms with Gasteiger partial charge in [-0.15, -0.1) is 10.2 Å². The molecular formula is C19H19ClN4O5S2. The highest BCUT2D eigenvalue weighted by atomic mass is 35.5. The molecule has 2 N–H and O–H groups in total. The number of nitrogens with one attached hydrogen (secondary N) is 2. The van der Waals surface area contributed by atoms with Crippen molar-refractivity contribution < 1.29 is 21.6 Å². The van der Waals surface area contributed by atoms with E-state index in [9.17, 15) is 16.8 Å². The molecule has 12 heteroatoms. The van der Waals surface area contributed by atoms with Crippen LogP contribution in [0.25, 0.3) is 0 Å². The van der Waals surface area contributed by atoms with Crippen molar-refractivity contribution in [3.05, 3.63) is 64.7 Å². The number of nitrogens with zero attached hydrogens (tertiary/aromatic N) is 2. The smallest absolute Gasteiger partial charge is 0.263 e. The fraction of sp³-hybridized carbons (Fsp3) is 0.158. The molecule has 3 rings (SSSR count). The molecule has 0 saturated carbocycles. The van der Waals surface area contributed by atoms with E-state index in [1.165, 1.54) is 49.6 Å². The van der Waals surface area contributed by atoms with Gasteiger partial charge in [0.2, 0.25) is 5.88 Å². The zero-order valence-electron chi connectivity index (χ0n) is 16.7. The minimum Gasteiger partial charge on any atom is -0.480 e. The molecule has 1 heterocycles. The molecule has 0 atom stereocenters. The number of hydrogen-bond donors (Lipinski definition) is 2. The van der Waals surface area contributed by atoms with E-state index in [2.05, 4.69) is 19.6 Å². The van der Waals surface area contributed by atoms with E-state index in [0.29, 0.717) is 16.1 Å². The first kappa shape index (κ1) is 22.8. The van der Waals surface area contributed by atoms with Crippen molar-refractivity contribution >= 4 is 43.2 Å². The van der Waals surface area contributed by atoms with E-state index >= 15 is 0 Å². The van der Waals surface area contributed by atoms with Crippen LogP contribution in [0, 0.1) is 13.8 Å². The van der Waals surface area contributed by atoms with Crippen molar-refractivity contribution in [3.8, 4) is 5.88 Å². The van der Waals surface area contributed by atoms with Crippen LogP contribution in [-0.4, -0.2) is 34.1 Å². The van der Waals surface area contributed by atoms with Crippen molar-refractivity contribution in [2.24, 2.45) is 0 Å².